The van der Waals surface area contributed by atoms with Crippen molar-refractivity contribution in [3.05, 3.63) is 35.0 Å². The molecule has 0 unspecified atom stereocenters. The van der Waals surface area contributed by atoms with Gasteiger partial charge in [0.05, 0.1) is 0 Å². The molecule has 0 spiro atoms. The van der Waals surface area contributed by atoms with Crippen LogP contribution in [0.25, 0.3) is 0 Å². The molecule has 2 aromatic rings. The first kappa shape index (κ1) is 15.2. The Balaban J connectivity index is 1.98. The van der Waals surface area contributed by atoms with Gasteiger partial charge in [-0.05, 0) is 31.0 Å². The van der Waals surface area contributed by atoms with Crippen LogP contribution < -0.4 is 11.1 Å². The van der Waals surface area contributed by atoms with Crippen molar-refractivity contribution in [1.82, 2.24) is 14.9 Å². The largest absolute Gasteiger partial charge is 0.382 e. The Morgan fingerprint density at radius 2 is 2.14 bits per heavy atom. The average molecular weight is 305 g/mol. The molecule has 0 aromatic carbocycles. The molecule has 2 aromatic heterocycles. The van der Waals surface area contributed by atoms with Crippen LogP contribution in [0.2, 0.25) is 0 Å². The van der Waals surface area contributed by atoms with Crippen molar-refractivity contribution in [1.29, 1.82) is 0 Å². The predicted molar refractivity (Wildman–Crippen MR) is 85.6 cm³/mol. The van der Waals surface area contributed by atoms with E-state index in [-0.39, 0.29) is 11.7 Å². The van der Waals surface area contributed by atoms with Crippen LogP contribution in [0.15, 0.2) is 24.5 Å². The Morgan fingerprint density at radius 3 is 2.81 bits per heavy atom. The Hall–Kier alpha value is -2.15. The summed E-state index contributed by atoms with van der Waals surface area (Å²) in [6.45, 7) is 3.34. The molecule has 0 radical (unpaired) electrons. The number of nitrogens with one attached hydrogen (secondary N) is 1. The molecule has 3 N–H and O–H groups in total. The van der Waals surface area contributed by atoms with Gasteiger partial charge in [0.2, 0.25) is 0 Å². The summed E-state index contributed by atoms with van der Waals surface area (Å²) >= 11 is 1.29. The first-order chi connectivity index (χ1) is 10.1. The zero-order chi connectivity index (χ0) is 15.2. The van der Waals surface area contributed by atoms with Crippen molar-refractivity contribution < 1.29 is 4.79 Å². The molecular formula is C14H19N5OS. The number of carbonyl (C=O) groups is 1. The number of hydrogen-bond donors (Lipinski definition) is 2. The van der Waals surface area contributed by atoms with Crippen LogP contribution in [0.1, 0.15) is 22.2 Å². The maximum atomic E-state index is 12.4. The molecule has 1 amide bonds. The maximum absolute atomic E-state index is 12.4. The van der Waals surface area contributed by atoms with E-state index in [4.69, 9.17) is 5.73 Å². The SMILES string of the molecule is CCNc1nc(N)c(C(=O)N(C)CCc2ccncc2)s1. The van der Waals surface area contributed by atoms with Gasteiger partial charge < -0.3 is 16.0 Å². The number of nitrogens with zero attached hydrogens (tertiary/aromatic N) is 3. The second-order valence-electron chi connectivity index (χ2n) is 4.60. The van der Waals surface area contributed by atoms with Crippen LogP contribution in [0, 0.1) is 0 Å². The third-order valence-corrected chi connectivity index (χ3v) is 4.02. The molecule has 0 saturated carbocycles. The van der Waals surface area contributed by atoms with Crippen LogP contribution in [0.5, 0.6) is 0 Å². The highest BCUT2D eigenvalue weighted by molar-refractivity contribution is 7.18. The summed E-state index contributed by atoms with van der Waals surface area (Å²) in [5.74, 6) is 0.194. The van der Waals surface area contributed by atoms with E-state index in [2.05, 4.69) is 15.3 Å². The molecule has 112 valence electrons. The lowest BCUT2D eigenvalue weighted by atomic mass is 10.2. The molecule has 0 saturated heterocycles. The Labute approximate surface area is 128 Å². The van der Waals surface area contributed by atoms with Gasteiger partial charge in [-0.15, -0.1) is 0 Å². The summed E-state index contributed by atoms with van der Waals surface area (Å²) in [5.41, 5.74) is 6.97. The van der Waals surface area contributed by atoms with Gasteiger partial charge in [-0.1, -0.05) is 11.3 Å². The van der Waals surface area contributed by atoms with E-state index in [0.29, 0.717) is 16.6 Å². The number of likely N-dealkylation sites (N-methyl/N-ethyl adjacent to an activating group) is 1. The third kappa shape index (κ3) is 3.91. The van der Waals surface area contributed by atoms with Gasteiger partial charge in [-0.2, -0.15) is 0 Å². The predicted octanol–water partition coefficient (Wildman–Crippen LogP) is 1.87. The number of amides is 1. The molecule has 0 atom stereocenters. The van der Waals surface area contributed by atoms with Gasteiger partial charge in [0, 0.05) is 32.5 Å². The highest BCUT2D eigenvalue weighted by Gasteiger charge is 2.19. The first-order valence-electron chi connectivity index (χ1n) is 6.76. The summed E-state index contributed by atoms with van der Waals surface area (Å²) < 4.78 is 0. The lowest BCUT2D eigenvalue weighted by molar-refractivity contribution is 0.0802. The first-order valence-corrected chi connectivity index (χ1v) is 7.58. The second kappa shape index (κ2) is 7.03. The lowest BCUT2D eigenvalue weighted by Gasteiger charge is -2.16. The minimum atomic E-state index is -0.0943. The number of anilines is 2. The summed E-state index contributed by atoms with van der Waals surface area (Å²) in [7, 11) is 1.77. The lowest BCUT2D eigenvalue weighted by Crippen LogP contribution is -2.28. The molecule has 0 aliphatic heterocycles. The number of carbonyl (C=O) groups excluding carboxylic acids is 1. The highest BCUT2D eigenvalue weighted by Crippen LogP contribution is 2.25. The maximum Gasteiger partial charge on any atom is 0.267 e. The van der Waals surface area contributed by atoms with E-state index < -0.39 is 0 Å². The Bertz CT molecular complexity index is 599. The van der Waals surface area contributed by atoms with Gasteiger partial charge >= 0.3 is 0 Å². The number of hydrogen-bond acceptors (Lipinski definition) is 6. The van der Waals surface area contributed by atoms with Crippen molar-refractivity contribution >= 4 is 28.2 Å². The molecule has 0 fully saturated rings. The van der Waals surface area contributed by atoms with Crippen LogP contribution in [-0.2, 0) is 6.42 Å². The molecule has 2 heterocycles. The number of pyridine rings is 1. The Morgan fingerprint density at radius 1 is 1.43 bits per heavy atom. The monoisotopic (exact) mass is 305 g/mol. The van der Waals surface area contributed by atoms with Crippen molar-refractivity contribution in [3.8, 4) is 0 Å². The number of thiazole rings is 1. The average Bonchev–Trinajstić information content (AvgIpc) is 2.86. The third-order valence-electron chi connectivity index (χ3n) is 3.01. The van der Waals surface area contributed by atoms with E-state index >= 15 is 0 Å². The molecule has 21 heavy (non-hydrogen) atoms. The number of aromatic nitrogens is 2. The molecule has 0 aliphatic carbocycles. The zero-order valence-electron chi connectivity index (χ0n) is 12.2. The van der Waals surface area contributed by atoms with Crippen molar-refractivity contribution in [3.63, 3.8) is 0 Å². The number of nitrogen functional groups attached to an aromatic ring is 1. The van der Waals surface area contributed by atoms with Crippen LogP contribution >= 0.6 is 11.3 Å². The second-order valence-corrected chi connectivity index (χ2v) is 5.59. The van der Waals surface area contributed by atoms with E-state index in [1.54, 1.807) is 24.3 Å². The molecular weight excluding hydrogens is 286 g/mol. The molecule has 6 nitrogen and oxygen atoms in total. The summed E-state index contributed by atoms with van der Waals surface area (Å²) in [6.07, 6.45) is 4.28. The van der Waals surface area contributed by atoms with Gasteiger partial charge in [-0.25, -0.2) is 4.98 Å². The minimum absolute atomic E-state index is 0.0943. The van der Waals surface area contributed by atoms with Crippen LogP contribution in [0.4, 0.5) is 10.9 Å². The van der Waals surface area contributed by atoms with E-state index in [9.17, 15) is 4.79 Å². The topological polar surface area (TPSA) is 84.1 Å². The van der Waals surface area contributed by atoms with Gasteiger partial charge in [0.1, 0.15) is 10.7 Å². The van der Waals surface area contributed by atoms with Crippen LogP contribution in [-0.4, -0.2) is 40.9 Å². The van der Waals surface area contributed by atoms with Crippen LogP contribution in [0.3, 0.4) is 0 Å². The molecule has 0 bridgehead atoms. The molecule has 0 aliphatic rings. The minimum Gasteiger partial charge on any atom is -0.382 e. The highest BCUT2D eigenvalue weighted by atomic mass is 32.1. The normalized spacial score (nSPS) is 10.4. The van der Waals surface area contributed by atoms with Gasteiger partial charge in [-0.3, -0.25) is 9.78 Å². The zero-order valence-corrected chi connectivity index (χ0v) is 13.0. The van der Waals surface area contributed by atoms with E-state index in [0.717, 1.165) is 18.5 Å². The van der Waals surface area contributed by atoms with E-state index in [1.807, 2.05) is 19.1 Å². The smallest absolute Gasteiger partial charge is 0.267 e. The summed E-state index contributed by atoms with van der Waals surface area (Å²) in [6, 6.07) is 3.89. The Kier molecular flexibility index (Phi) is 5.10. The van der Waals surface area contributed by atoms with Gasteiger partial charge in [0.25, 0.3) is 5.91 Å². The summed E-state index contributed by atoms with van der Waals surface area (Å²) in [5, 5.41) is 3.75. The number of rotatable bonds is 6. The summed E-state index contributed by atoms with van der Waals surface area (Å²) in [4.78, 5) is 22.7. The van der Waals surface area contributed by atoms with Gasteiger partial charge in [0.15, 0.2) is 5.13 Å². The number of nitrogens with two attached hydrogens (primary N) is 1. The quantitative estimate of drug-likeness (QED) is 0.851. The fourth-order valence-corrected chi connectivity index (χ4v) is 2.78. The molecule has 2 rings (SSSR count). The molecule has 7 heteroatoms. The van der Waals surface area contributed by atoms with Crippen molar-refractivity contribution in [2.24, 2.45) is 0 Å². The fraction of sp³-hybridized carbons (Fsp3) is 0.357. The fourth-order valence-electron chi connectivity index (χ4n) is 1.83. The standard InChI is InChI=1S/C14H19N5OS/c1-3-17-14-18-12(15)11(21-14)13(20)19(2)9-6-10-4-7-16-8-5-10/h4-5,7-8H,3,6,9,15H2,1-2H3,(H,17,18). The van der Waals surface area contributed by atoms with Crippen molar-refractivity contribution in [2.45, 2.75) is 13.3 Å². The van der Waals surface area contributed by atoms with Crippen molar-refractivity contribution in [2.75, 3.05) is 31.2 Å². The van der Waals surface area contributed by atoms with E-state index in [1.165, 1.54) is 11.3 Å².